The molecule has 0 aliphatic rings. The maximum absolute atomic E-state index is 9.74. The average Bonchev–Trinajstić information content (AvgIpc) is 1.37. The summed E-state index contributed by atoms with van der Waals surface area (Å²) >= 11 is 0. The minimum atomic E-state index is 0. The first-order valence-electron chi connectivity index (χ1n) is 0.519. The Balaban J connectivity index is -0.0000000450. The Morgan fingerprint density at radius 2 is 2.20 bits per heavy atom. The van der Waals surface area contributed by atoms with Crippen molar-refractivity contribution in [2.24, 2.45) is 5.34 Å². The first-order chi connectivity index (χ1) is 1.91. The number of hydrogen-bond donors (Lipinski definition) is 0. The predicted octanol–water partition coefficient (Wildman–Crippen LogP) is -2.31. The van der Waals surface area contributed by atoms with Crippen LogP contribution in [-0.4, -0.2) is 0 Å². The molecule has 0 aromatic carbocycles. The predicted molar refractivity (Wildman–Crippen MR) is 9.10 cm³/mol. The Morgan fingerprint density at radius 3 is 2.20 bits per heavy atom. The molecule has 0 aromatic heterocycles. The third-order valence-corrected chi connectivity index (χ3v) is 0.0282. The maximum atomic E-state index is 9.74. The van der Waals surface area contributed by atoms with Crippen molar-refractivity contribution in [2.75, 3.05) is 0 Å². The van der Waals surface area contributed by atoms with Crippen LogP contribution in [0, 0.1) is 4.91 Å². The Hall–Kier alpha value is -0.0726. The second kappa shape index (κ2) is 9.06. The van der Waals surface area contributed by atoms with Crippen LogP contribution in [0.25, 0.3) is 0 Å². The molecule has 26 valence electrons. The largest absolute Gasteiger partial charge is 1.00 e. The van der Waals surface area contributed by atoms with Crippen LogP contribution >= 0.6 is 0 Å². The van der Waals surface area contributed by atoms with Crippen molar-refractivity contribution in [1.82, 2.24) is 0 Å². The van der Waals surface area contributed by atoms with Crippen molar-refractivity contribution >= 4 is 0 Å². The monoisotopic (exact) mass is 73.0 g/mol. The summed E-state index contributed by atoms with van der Waals surface area (Å²) in [5.41, 5.74) is 0. The van der Waals surface area contributed by atoms with Gasteiger partial charge in [-0.3, -0.25) is 0 Å². The van der Waals surface area contributed by atoms with E-state index < -0.39 is 0 Å². The quantitative estimate of drug-likeness (QED) is 0.198. The van der Waals surface area contributed by atoms with E-state index in [-0.39, 0.29) is 20.3 Å². The molecule has 5 heteroatoms. The van der Waals surface area contributed by atoms with E-state index in [1.54, 1.807) is 0 Å². The van der Waals surface area contributed by atoms with Crippen LogP contribution in [0.5, 0.6) is 0 Å². The van der Waals surface area contributed by atoms with Gasteiger partial charge in [0.25, 0.3) is 0 Å². The fourth-order valence-corrected chi connectivity index (χ4v) is 0. The van der Waals surface area contributed by atoms with Crippen LogP contribution in [0.15, 0.2) is 5.34 Å². The average molecular weight is 73.0 g/mol. The van der Waals surface area contributed by atoms with Crippen LogP contribution in [0.1, 0.15) is 1.43 Å². The van der Waals surface area contributed by atoms with Crippen LogP contribution in [-0.2, 0) is 5.04 Å². The van der Waals surface area contributed by atoms with Crippen molar-refractivity contribution in [3.63, 3.8) is 0 Å². The van der Waals surface area contributed by atoms with E-state index in [4.69, 9.17) is 4.91 Å². The Morgan fingerprint density at radius 1 is 2.00 bits per heavy atom. The molecule has 0 rings (SSSR count). The zero-order chi connectivity index (χ0) is 3.41. The molecule has 0 aromatic rings. The van der Waals surface area contributed by atoms with Gasteiger partial charge in [0.1, 0.15) is 0 Å². The van der Waals surface area contributed by atoms with Gasteiger partial charge in [-0.2, -0.15) is 0 Å². The van der Waals surface area contributed by atoms with Gasteiger partial charge in [-0.1, -0.05) is 0 Å². The summed E-state index contributed by atoms with van der Waals surface area (Å²) in [6.45, 7) is 0. The summed E-state index contributed by atoms with van der Waals surface area (Å²) in [5, 5.41) is 3.43. The molecule has 0 fully saturated rings. The first-order valence-corrected chi connectivity index (χ1v) is 0.519. The summed E-state index contributed by atoms with van der Waals surface area (Å²) in [6.07, 6.45) is 0. The summed E-state index contributed by atoms with van der Waals surface area (Å²) in [5.74, 6) is 0. The number of halogens is 1. The number of nitrogens with zero attached hydrogens (tertiary/aromatic N) is 1. The smallest absolute Gasteiger partial charge is 1.00 e. The van der Waals surface area contributed by atoms with Crippen molar-refractivity contribution < 1.29 is 29.9 Å². The molecule has 0 unspecified atom stereocenters. The molecule has 0 radical (unpaired) electrons. The van der Waals surface area contributed by atoms with Gasteiger partial charge in [0, 0.05) is 4.53 Å². The van der Waals surface area contributed by atoms with Gasteiger partial charge in [-0.15, -0.1) is 9.95 Å². The van der Waals surface area contributed by atoms with Crippen molar-refractivity contribution in [3.8, 4) is 0 Å². The minimum Gasteiger partial charge on any atom is -1.00 e. The fourth-order valence-electron chi connectivity index (χ4n) is 0. The molecule has 0 saturated carbocycles. The standard InChI is InChI=1S/FNO2.Li.H/c1-4-2-3;;/q;+1;-1. The van der Waals surface area contributed by atoms with E-state index >= 15 is 0 Å². The molecule has 0 N–H and O–H groups in total. The van der Waals surface area contributed by atoms with Crippen LogP contribution in [0.3, 0.4) is 0 Å². The molecule has 0 spiro atoms. The normalized spacial score (nSPS) is 4.20. The van der Waals surface area contributed by atoms with E-state index in [0.717, 1.165) is 0 Å². The van der Waals surface area contributed by atoms with E-state index in [1.165, 1.54) is 5.34 Å². The zero-order valence-electron chi connectivity index (χ0n) is 3.64. The molecule has 0 aliphatic heterocycles. The van der Waals surface area contributed by atoms with E-state index in [9.17, 15) is 4.53 Å². The van der Waals surface area contributed by atoms with Crippen molar-refractivity contribution in [3.05, 3.63) is 4.91 Å². The van der Waals surface area contributed by atoms with Crippen LogP contribution in [0.2, 0.25) is 0 Å². The van der Waals surface area contributed by atoms with Gasteiger partial charge in [-0.25, -0.2) is 0 Å². The van der Waals surface area contributed by atoms with Gasteiger partial charge in [0.15, 0.2) is 5.34 Å². The second-order valence-electron chi connectivity index (χ2n) is 0.144. The topological polar surface area (TPSA) is 38.7 Å². The molecule has 0 heterocycles. The first kappa shape index (κ1) is 8.87. The Bertz CT molecular complexity index is 27.5. The molecule has 0 aliphatic carbocycles. The van der Waals surface area contributed by atoms with Gasteiger partial charge in [0.2, 0.25) is 0 Å². The van der Waals surface area contributed by atoms with Crippen molar-refractivity contribution in [1.29, 1.82) is 0 Å². The SMILES string of the molecule is O=NOF.[H-].[Li+]. The van der Waals surface area contributed by atoms with Crippen LogP contribution < -0.4 is 18.9 Å². The van der Waals surface area contributed by atoms with E-state index in [2.05, 4.69) is 5.04 Å². The second-order valence-corrected chi connectivity index (χ2v) is 0.144. The van der Waals surface area contributed by atoms with E-state index in [0.29, 0.717) is 0 Å². The molecule has 0 bridgehead atoms. The third kappa shape index (κ3) is 17.0. The Labute approximate surface area is 41.0 Å². The molecular formula is HFLiNO2. The molecule has 3 nitrogen and oxygen atoms in total. The maximum Gasteiger partial charge on any atom is 1.00 e. The van der Waals surface area contributed by atoms with Gasteiger partial charge >= 0.3 is 18.9 Å². The van der Waals surface area contributed by atoms with Crippen LogP contribution in [0.4, 0.5) is 4.53 Å². The molecular weight excluding hydrogens is 71.9 g/mol. The number of rotatable bonds is 1. The van der Waals surface area contributed by atoms with Gasteiger partial charge in [-0.05, 0) is 0 Å². The minimum absolute atomic E-state index is 0. The number of hydrogen-bond acceptors (Lipinski definition) is 3. The fraction of sp³-hybridized carbons (Fsp3) is 0. The van der Waals surface area contributed by atoms with Crippen molar-refractivity contribution in [2.45, 2.75) is 0 Å². The summed E-state index contributed by atoms with van der Waals surface area (Å²) in [6, 6.07) is 0. The van der Waals surface area contributed by atoms with Gasteiger partial charge < -0.3 is 1.43 Å². The summed E-state index contributed by atoms with van der Waals surface area (Å²) in [7, 11) is 0. The van der Waals surface area contributed by atoms with Gasteiger partial charge in [0.05, 0.1) is 0 Å². The summed E-state index contributed by atoms with van der Waals surface area (Å²) in [4.78, 5) is 8.33. The molecule has 5 heavy (non-hydrogen) atoms. The molecule has 0 saturated heterocycles. The van der Waals surface area contributed by atoms with E-state index in [1.807, 2.05) is 0 Å². The Kier molecular flexibility index (Phi) is 16.1. The third-order valence-electron chi connectivity index (χ3n) is 0.0282. The summed E-state index contributed by atoms with van der Waals surface area (Å²) < 4.78 is 9.74. The molecule has 0 amide bonds. The zero-order valence-corrected chi connectivity index (χ0v) is 2.64. The molecule has 0 atom stereocenters.